The zero-order valence-electron chi connectivity index (χ0n) is 10.2. The molecule has 1 aromatic heterocycles. The number of carbonyl (C=O) groups is 1. The molecule has 18 heavy (non-hydrogen) atoms. The number of likely N-dealkylation sites (tertiary alicyclic amines) is 1. The molecule has 0 N–H and O–H groups in total. The van der Waals surface area contributed by atoms with Crippen LogP contribution in [0.3, 0.4) is 0 Å². The Hall–Kier alpha value is -2.17. The number of hydrogen-bond acceptors (Lipinski definition) is 3. The smallest absolute Gasteiger partial charge is 0.254 e. The molecule has 0 spiro atoms. The van der Waals surface area contributed by atoms with Crippen LogP contribution < -0.4 is 0 Å². The van der Waals surface area contributed by atoms with Crippen molar-refractivity contribution in [3.8, 4) is 0 Å². The quantitative estimate of drug-likeness (QED) is 0.797. The van der Waals surface area contributed by atoms with Crippen molar-refractivity contribution in [2.75, 3.05) is 13.1 Å². The van der Waals surface area contributed by atoms with E-state index in [1.165, 1.54) is 0 Å². The number of benzene rings is 1. The van der Waals surface area contributed by atoms with Crippen molar-refractivity contribution in [2.24, 2.45) is 0 Å². The van der Waals surface area contributed by atoms with E-state index in [-0.39, 0.29) is 11.9 Å². The number of aromatic nitrogens is 3. The van der Waals surface area contributed by atoms with E-state index >= 15 is 0 Å². The first-order valence-electron chi connectivity index (χ1n) is 5.96. The maximum absolute atomic E-state index is 12.2. The lowest BCUT2D eigenvalue weighted by Crippen LogP contribution is -2.51. The average molecular weight is 242 g/mol. The molecule has 0 atom stereocenters. The number of rotatable bonds is 2. The van der Waals surface area contributed by atoms with Crippen LogP contribution in [-0.4, -0.2) is 38.9 Å². The van der Waals surface area contributed by atoms with Crippen LogP contribution >= 0.6 is 0 Å². The highest BCUT2D eigenvalue weighted by Gasteiger charge is 2.33. The maximum atomic E-state index is 12.2. The molecule has 0 aliphatic carbocycles. The molecular weight excluding hydrogens is 228 g/mol. The summed E-state index contributed by atoms with van der Waals surface area (Å²) in [5.41, 5.74) is 1.80. The minimum absolute atomic E-state index is 0.0940. The van der Waals surface area contributed by atoms with Gasteiger partial charge in [0.25, 0.3) is 5.91 Å². The molecule has 5 heteroatoms. The Morgan fingerprint density at radius 3 is 2.56 bits per heavy atom. The molecule has 2 heterocycles. The lowest BCUT2D eigenvalue weighted by molar-refractivity contribution is 0.0476. The van der Waals surface area contributed by atoms with Gasteiger partial charge in [0.05, 0.1) is 12.4 Å². The molecule has 1 aliphatic heterocycles. The lowest BCUT2D eigenvalue weighted by atomic mass is 10.0. The summed E-state index contributed by atoms with van der Waals surface area (Å²) in [6, 6.07) is 7.88. The van der Waals surface area contributed by atoms with Gasteiger partial charge in [0.1, 0.15) is 6.04 Å². The van der Waals surface area contributed by atoms with Crippen molar-refractivity contribution in [2.45, 2.75) is 13.0 Å². The number of hydrogen-bond donors (Lipinski definition) is 0. The molecule has 5 nitrogen and oxygen atoms in total. The van der Waals surface area contributed by atoms with Gasteiger partial charge in [-0.05, 0) is 18.6 Å². The summed E-state index contributed by atoms with van der Waals surface area (Å²) in [6.45, 7) is 3.32. The van der Waals surface area contributed by atoms with Gasteiger partial charge in [0, 0.05) is 18.7 Å². The molecule has 3 rings (SSSR count). The molecule has 1 saturated heterocycles. The second-order valence-electron chi connectivity index (χ2n) is 4.53. The summed E-state index contributed by atoms with van der Waals surface area (Å²) < 4.78 is 0. The molecule has 1 fully saturated rings. The Balaban J connectivity index is 1.69. The van der Waals surface area contributed by atoms with Gasteiger partial charge in [-0.3, -0.25) is 4.79 Å². The van der Waals surface area contributed by atoms with E-state index in [9.17, 15) is 4.79 Å². The third-order valence-electron chi connectivity index (χ3n) is 3.29. The van der Waals surface area contributed by atoms with Crippen LogP contribution in [0.1, 0.15) is 22.0 Å². The van der Waals surface area contributed by atoms with Gasteiger partial charge in [-0.1, -0.05) is 18.2 Å². The Kier molecular flexibility index (Phi) is 2.59. The Bertz CT molecular complexity index is 558. The second-order valence-corrected chi connectivity index (χ2v) is 4.53. The fraction of sp³-hybridized carbons (Fsp3) is 0.308. The molecule has 92 valence electrons. The summed E-state index contributed by atoms with van der Waals surface area (Å²) in [6.07, 6.45) is 3.32. The van der Waals surface area contributed by atoms with Crippen molar-refractivity contribution in [1.82, 2.24) is 19.9 Å². The third-order valence-corrected chi connectivity index (χ3v) is 3.29. The monoisotopic (exact) mass is 242 g/mol. The van der Waals surface area contributed by atoms with Gasteiger partial charge in [0.15, 0.2) is 0 Å². The van der Waals surface area contributed by atoms with Gasteiger partial charge in [0.2, 0.25) is 0 Å². The summed E-state index contributed by atoms with van der Waals surface area (Å²) in [4.78, 5) is 15.7. The number of amides is 1. The Morgan fingerprint density at radius 1 is 1.22 bits per heavy atom. The highest BCUT2D eigenvalue weighted by atomic mass is 16.2. The van der Waals surface area contributed by atoms with Crippen molar-refractivity contribution < 1.29 is 4.79 Å². The SMILES string of the molecule is Cc1ccccc1C(=O)N1CC(n2nccn2)C1. The molecular formula is C13H14N4O. The van der Waals surface area contributed by atoms with Crippen LogP contribution in [0.15, 0.2) is 36.7 Å². The second kappa shape index (κ2) is 4.25. The van der Waals surface area contributed by atoms with Crippen molar-refractivity contribution in [3.63, 3.8) is 0 Å². The normalized spacial score (nSPS) is 15.5. The van der Waals surface area contributed by atoms with E-state index in [1.807, 2.05) is 36.1 Å². The molecule has 1 aromatic carbocycles. The van der Waals surface area contributed by atoms with Gasteiger partial charge < -0.3 is 4.90 Å². The Morgan fingerprint density at radius 2 is 1.89 bits per heavy atom. The van der Waals surface area contributed by atoms with Gasteiger partial charge in [-0.25, -0.2) is 0 Å². The summed E-state index contributed by atoms with van der Waals surface area (Å²) in [5.74, 6) is 0.0940. The highest BCUT2D eigenvalue weighted by Crippen LogP contribution is 2.22. The predicted molar refractivity (Wildman–Crippen MR) is 66.1 cm³/mol. The first-order chi connectivity index (χ1) is 8.75. The van der Waals surface area contributed by atoms with E-state index in [0.29, 0.717) is 13.1 Å². The number of aryl methyl sites for hydroxylation is 1. The molecule has 1 aliphatic rings. The van der Waals surface area contributed by atoms with Gasteiger partial charge in [-0.15, -0.1) is 0 Å². The summed E-state index contributed by atoms with van der Waals surface area (Å²) in [7, 11) is 0. The molecule has 1 amide bonds. The first-order valence-corrected chi connectivity index (χ1v) is 5.96. The maximum Gasteiger partial charge on any atom is 0.254 e. The molecule has 2 aromatic rings. The van der Waals surface area contributed by atoms with E-state index in [0.717, 1.165) is 11.1 Å². The van der Waals surface area contributed by atoms with Crippen molar-refractivity contribution in [1.29, 1.82) is 0 Å². The van der Waals surface area contributed by atoms with Crippen LogP contribution in [0, 0.1) is 6.92 Å². The first kappa shape index (κ1) is 11.0. The topological polar surface area (TPSA) is 51.0 Å². The third kappa shape index (κ3) is 1.77. The minimum Gasteiger partial charge on any atom is -0.334 e. The van der Waals surface area contributed by atoms with Crippen molar-refractivity contribution >= 4 is 5.91 Å². The van der Waals surface area contributed by atoms with Crippen LogP contribution in [0.2, 0.25) is 0 Å². The fourth-order valence-corrected chi connectivity index (χ4v) is 2.17. The highest BCUT2D eigenvalue weighted by molar-refractivity contribution is 5.96. The zero-order chi connectivity index (χ0) is 12.5. The fourth-order valence-electron chi connectivity index (χ4n) is 2.17. The molecule has 0 radical (unpaired) electrons. The van der Waals surface area contributed by atoms with Crippen LogP contribution in [0.4, 0.5) is 0 Å². The van der Waals surface area contributed by atoms with Gasteiger partial charge in [-0.2, -0.15) is 15.0 Å². The summed E-state index contributed by atoms with van der Waals surface area (Å²) >= 11 is 0. The summed E-state index contributed by atoms with van der Waals surface area (Å²) in [5, 5.41) is 8.18. The molecule has 0 bridgehead atoms. The zero-order valence-corrected chi connectivity index (χ0v) is 10.2. The lowest BCUT2D eigenvalue weighted by Gasteiger charge is -2.38. The van der Waals surface area contributed by atoms with E-state index in [1.54, 1.807) is 17.2 Å². The standard InChI is InChI=1S/C13H14N4O/c1-10-4-2-3-5-12(10)13(18)16-8-11(9-16)17-14-6-7-15-17/h2-7,11H,8-9H2,1H3. The van der Waals surface area contributed by atoms with E-state index in [2.05, 4.69) is 10.2 Å². The number of nitrogens with zero attached hydrogens (tertiary/aromatic N) is 4. The van der Waals surface area contributed by atoms with Gasteiger partial charge >= 0.3 is 0 Å². The number of carbonyl (C=O) groups excluding carboxylic acids is 1. The largest absolute Gasteiger partial charge is 0.334 e. The Labute approximate surface area is 105 Å². The van der Waals surface area contributed by atoms with E-state index < -0.39 is 0 Å². The molecule has 0 saturated carbocycles. The average Bonchev–Trinajstić information content (AvgIpc) is 2.81. The van der Waals surface area contributed by atoms with Crippen LogP contribution in [0.5, 0.6) is 0 Å². The van der Waals surface area contributed by atoms with E-state index in [4.69, 9.17) is 0 Å². The van der Waals surface area contributed by atoms with Crippen LogP contribution in [-0.2, 0) is 0 Å². The van der Waals surface area contributed by atoms with Crippen LogP contribution in [0.25, 0.3) is 0 Å². The minimum atomic E-state index is 0.0940. The predicted octanol–water partition coefficient (Wildman–Crippen LogP) is 1.28. The van der Waals surface area contributed by atoms with Crippen molar-refractivity contribution in [3.05, 3.63) is 47.8 Å². The molecule has 0 unspecified atom stereocenters.